The van der Waals surface area contributed by atoms with Gasteiger partial charge in [-0.1, -0.05) is 30.3 Å². The number of piperidine rings is 1. The zero-order valence-corrected chi connectivity index (χ0v) is 19.6. The first-order valence-electron chi connectivity index (χ1n) is 11.9. The van der Waals surface area contributed by atoms with Crippen LogP contribution in [-0.4, -0.2) is 98.5 Å². The molecule has 33 heavy (non-hydrogen) atoms. The Bertz CT molecular complexity index is 798. The second-order valence-corrected chi connectivity index (χ2v) is 8.64. The summed E-state index contributed by atoms with van der Waals surface area (Å²) in [4.78, 5) is 43.3. The molecular formula is C25H36N4O4. The molecule has 2 aliphatic rings. The van der Waals surface area contributed by atoms with Gasteiger partial charge in [-0.2, -0.15) is 0 Å². The zero-order valence-electron chi connectivity index (χ0n) is 19.6. The monoisotopic (exact) mass is 456 g/mol. The third-order valence-electron chi connectivity index (χ3n) is 6.27. The van der Waals surface area contributed by atoms with E-state index in [2.05, 4.69) is 10.2 Å². The summed E-state index contributed by atoms with van der Waals surface area (Å²) in [5.74, 6) is 0.177. The number of hydrogen-bond donors (Lipinski definition) is 1. The molecular weight excluding hydrogens is 420 g/mol. The van der Waals surface area contributed by atoms with E-state index in [0.717, 1.165) is 12.0 Å². The van der Waals surface area contributed by atoms with Crippen molar-refractivity contribution in [2.75, 3.05) is 66.1 Å². The molecule has 2 heterocycles. The Labute approximate surface area is 196 Å². The Balaban J connectivity index is 1.35. The van der Waals surface area contributed by atoms with Crippen LogP contribution >= 0.6 is 0 Å². The fourth-order valence-corrected chi connectivity index (χ4v) is 4.27. The van der Waals surface area contributed by atoms with Crippen LogP contribution in [0.1, 0.15) is 24.8 Å². The number of nitrogens with zero attached hydrogens (tertiary/aromatic N) is 3. The highest BCUT2D eigenvalue weighted by Gasteiger charge is 2.31. The Kier molecular flexibility index (Phi) is 9.90. The van der Waals surface area contributed by atoms with Crippen molar-refractivity contribution in [3.63, 3.8) is 0 Å². The van der Waals surface area contributed by atoms with Crippen molar-refractivity contribution in [1.29, 1.82) is 0 Å². The number of rotatable bonds is 9. The number of amides is 3. The molecule has 180 valence electrons. The molecule has 0 unspecified atom stereocenters. The van der Waals surface area contributed by atoms with Crippen LogP contribution in [0, 0.1) is 5.92 Å². The maximum absolute atomic E-state index is 13.0. The predicted octanol–water partition coefficient (Wildman–Crippen LogP) is 1.24. The zero-order chi connectivity index (χ0) is 23.5. The van der Waals surface area contributed by atoms with E-state index >= 15 is 0 Å². The predicted molar refractivity (Wildman–Crippen MR) is 127 cm³/mol. The van der Waals surface area contributed by atoms with E-state index in [9.17, 15) is 14.4 Å². The lowest BCUT2D eigenvalue weighted by Gasteiger charge is -2.38. The normalized spacial score (nSPS) is 18.0. The summed E-state index contributed by atoms with van der Waals surface area (Å²) in [6.07, 6.45) is 5.66. The molecule has 0 bridgehead atoms. The molecule has 3 amide bonds. The number of piperazine rings is 1. The summed E-state index contributed by atoms with van der Waals surface area (Å²) in [5, 5.41) is 2.90. The number of carbonyl (C=O) groups is 3. The van der Waals surface area contributed by atoms with Crippen molar-refractivity contribution in [1.82, 2.24) is 20.0 Å². The smallest absolute Gasteiger partial charge is 0.246 e. The SMILES string of the molecule is COCCCNC(=O)CN1CCN(C(=O)C2CCN(C(=O)/C=C/c3ccccc3)CC2)CC1. The minimum Gasteiger partial charge on any atom is -0.385 e. The molecule has 3 rings (SSSR count). The molecule has 0 spiro atoms. The molecule has 8 nitrogen and oxygen atoms in total. The molecule has 0 atom stereocenters. The van der Waals surface area contributed by atoms with Gasteiger partial charge in [-0.25, -0.2) is 0 Å². The first-order valence-corrected chi connectivity index (χ1v) is 11.9. The van der Waals surface area contributed by atoms with Gasteiger partial charge in [0, 0.05) is 71.5 Å². The Hall–Kier alpha value is -2.71. The first kappa shape index (κ1) is 24.9. The molecule has 1 aromatic carbocycles. The topological polar surface area (TPSA) is 82.2 Å². The molecule has 0 radical (unpaired) electrons. The highest BCUT2D eigenvalue weighted by atomic mass is 16.5. The molecule has 8 heteroatoms. The van der Waals surface area contributed by atoms with Crippen LogP contribution in [0.25, 0.3) is 6.08 Å². The van der Waals surface area contributed by atoms with Gasteiger partial charge in [0.1, 0.15) is 0 Å². The summed E-state index contributed by atoms with van der Waals surface area (Å²) in [6.45, 7) is 5.55. The average molecular weight is 457 g/mol. The van der Waals surface area contributed by atoms with Crippen LogP contribution in [0.5, 0.6) is 0 Å². The van der Waals surface area contributed by atoms with Crippen LogP contribution < -0.4 is 5.32 Å². The number of carbonyl (C=O) groups excluding carboxylic acids is 3. The molecule has 1 N–H and O–H groups in total. The Morgan fingerprint density at radius 1 is 1.00 bits per heavy atom. The van der Waals surface area contributed by atoms with Gasteiger partial charge in [0.15, 0.2) is 0 Å². The van der Waals surface area contributed by atoms with Gasteiger partial charge in [-0.3, -0.25) is 19.3 Å². The minimum atomic E-state index is -0.0252. The van der Waals surface area contributed by atoms with Crippen LogP contribution in [0.4, 0.5) is 0 Å². The standard InChI is InChI=1S/C25H36N4O4/c1-33-19-5-12-26-23(30)20-27-15-17-29(18-16-27)25(32)22-10-13-28(14-11-22)24(31)9-8-21-6-3-2-4-7-21/h2-4,6-9,22H,5,10-20H2,1H3,(H,26,30)/b9-8+. The third kappa shape index (κ3) is 7.98. The number of nitrogens with one attached hydrogen (secondary N) is 1. The third-order valence-corrected chi connectivity index (χ3v) is 6.27. The van der Waals surface area contributed by atoms with Crippen molar-refractivity contribution in [3.05, 3.63) is 42.0 Å². The van der Waals surface area contributed by atoms with E-state index < -0.39 is 0 Å². The molecule has 1 aromatic rings. The number of ether oxygens (including phenoxy) is 1. The second-order valence-electron chi connectivity index (χ2n) is 8.64. The fourth-order valence-electron chi connectivity index (χ4n) is 4.27. The molecule has 0 aliphatic carbocycles. The highest BCUT2D eigenvalue weighted by molar-refractivity contribution is 5.92. The van der Waals surface area contributed by atoms with E-state index in [-0.39, 0.29) is 23.6 Å². The Morgan fingerprint density at radius 2 is 1.70 bits per heavy atom. The van der Waals surface area contributed by atoms with Crippen LogP contribution in [-0.2, 0) is 19.1 Å². The Morgan fingerprint density at radius 3 is 2.36 bits per heavy atom. The largest absolute Gasteiger partial charge is 0.385 e. The second kappa shape index (κ2) is 13.1. The van der Waals surface area contributed by atoms with E-state index in [1.807, 2.05) is 46.2 Å². The molecule has 0 aromatic heterocycles. The van der Waals surface area contributed by atoms with Gasteiger partial charge >= 0.3 is 0 Å². The summed E-state index contributed by atoms with van der Waals surface area (Å²) < 4.78 is 4.98. The van der Waals surface area contributed by atoms with Crippen molar-refractivity contribution in [3.8, 4) is 0 Å². The number of methoxy groups -OCH3 is 1. The van der Waals surface area contributed by atoms with Crippen LogP contribution in [0.2, 0.25) is 0 Å². The molecule has 2 aliphatic heterocycles. The van der Waals surface area contributed by atoms with Crippen molar-refractivity contribution in [2.45, 2.75) is 19.3 Å². The average Bonchev–Trinajstić information content (AvgIpc) is 2.86. The summed E-state index contributed by atoms with van der Waals surface area (Å²) in [5.41, 5.74) is 0.999. The van der Waals surface area contributed by atoms with Crippen LogP contribution in [0.15, 0.2) is 36.4 Å². The number of benzene rings is 1. The van der Waals surface area contributed by atoms with E-state index in [1.165, 1.54) is 0 Å². The molecule has 2 saturated heterocycles. The maximum Gasteiger partial charge on any atom is 0.246 e. The quantitative estimate of drug-likeness (QED) is 0.447. The van der Waals surface area contributed by atoms with E-state index in [4.69, 9.17) is 4.74 Å². The summed E-state index contributed by atoms with van der Waals surface area (Å²) in [7, 11) is 1.65. The maximum atomic E-state index is 13.0. The molecule has 2 fully saturated rings. The first-order chi connectivity index (χ1) is 16.1. The lowest BCUT2D eigenvalue weighted by Crippen LogP contribution is -2.53. The van der Waals surface area contributed by atoms with E-state index in [0.29, 0.717) is 71.8 Å². The summed E-state index contributed by atoms with van der Waals surface area (Å²) in [6, 6.07) is 9.76. The van der Waals surface area contributed by atoms with Crippen molar-refractivity contribution in [2.24, 2.45) is 5.92 Å². The van der Waals surface area contributed by atoms with Crippen molar-refractivity contribution < 1.29 is 19.1 Å². The van der Waals surface area contributed by atoms with Gasteiger partial charge in [0.25, 0.3) is 0 Å². The van der Waals surface area contributed by atoms with Gasteiger partial charge in [0.2, 0.25) is 17.7 Å². The summed E-state index contributed by atoms with van der Waals surface area (Å²) >= 11 is 0. The van der Waals surface area contributed by atoms with Gasteiger partial charge < -0.3 is 19.9 Å². The fraction of sp³-hybridized carbons (Fsp3) is 0.560. The lowest BCUT2D eigenvalue weighted by atomic mass is 9.95. The number of hydrogen-bond acceptors (Lipinski definition) is 5. The van der Waals surface area contributed by atoms with Crippen LogP contribution in [0.3, 0.4) is 0 Å². The van der Waals surface area contributed by atoms with Gasteiger partial charge in [-0.05, 0) is 30.9 Å². The number of likely N-dealkylation sites (tertiary alicyclic amines) is 1. The molecule has 0 saturated carbocycles. The minimum absolute atomic E-state index is 0.00105. The lowest BCUT2D eigenvalue weighted by molar-refractivity contribution is -0.141. The van der Waals surface area contributed by atoms with Crippen molar-refractivity contribution >= 4 is 23.8 Å². The van der Waals surface area contributed by atoms with E-state index in [1.54, 1.807) is 13.2 Å². The van der Waals surface area contributed by atoms with Gasteiger partial charge in [0.05, 0.1) is 6.54 Å². The van der Waals surface area contributed by atoms with Gasteiger partial charge in [-0.15, -0.1) is 0 Å². The highest BCUT2D eigenvalue weighted by Crippen LogP contribution is 2.21.